The first-order chi connectivity index (χ1) is 13.1. The zero-order valence-electron chi connectivity index (χ0n) is 14.8. The van der Waals surface area contributed by atoms with Crippen LogP contribution in [0.1, 0.15) is 17.5 Å². The second kappa shape index (κ2) is 8.10. The Balaban J connectivity index is 1.70. The predicted octanol–water partition coefficient (Wildman–Crippen LogP) is 1.42. The molecule has 0 saturated heterocycles. The number of hydrogen-bond acceptors (Lipinski definition) is 6. The molecule has 0 unspecified atom stereocenters. The Morgan fingerprint density at radius 3 is 2.30 bits per heavy atom. The Labute approximate surface area is 157 Å². The Morgan fingerprint density at radius 1 is 1.04 bits per heavy atom. The lowest BCUT2D eigenvalue weighted by Crippen LogP contribution is -2.47. The molecule has 0 aliphatic heterocycles. The zero-order valence-corrected chi connectivity index (χ0v) is 14.8. The molecule has 7 heteroatoms. The molecule has 3 rings (SSSR count). The minimum atomic E-state index is -0.956. The first-order valence-electron chi connectivity index (χ1n) is 8.60. The summed E-state index contributed by atoms with van der Waals surface area (Å²) in [6.07, 6.45) is 2.99. The van der Waals surface area contributed by atoms with Gasteiger partial charge in [0.1, 0.15) is 5.69 Å². The fourth-order valence-electron chi connectivity index (χ4n) is 2.65. The van der Waals surface area contributed by atoms with Gasteiger partial charge in [-0.2, -0.15) is 5.26 Å². The van der Waals surface area contributed by atoms with Crippen LogP contribution in [0.4, 0.5) is 0 Å². The Morgan fingerprint density at radius 2 is 1.70 bits per heavy atom. The van der Waals surface area contributed by atoms with E-state index in [4.69, 9.17) is 11.0 Å². The van der Waals surface area contributed by atoms with Crippen molar-refractivity contribution in [3.63, 3.8) is 0 Å². The topological polar surface area (TPSA) is 121 Å². The van der Waals surface area contributed by atoms with Crippen molar-refractivity contribution in [2.45, 2.75) is 18.4 Å². The van der Waals surface area contributed by atoms with Gasteiger partial charge in [-0.25, -0.2) is 4.68 Å². The van der Waals surface area contributed by atoms with E-state index >= 15 is 0 Å². The third-order valence-electron chi connectivity index (χ3n) is 4.55. The maximum atomic E-state index is 9.26. The molecule has 2 aromatic carbocycles. The standard InChI is InChI=1S/C20H21N5O2/c21-11-16-3-7-18(8-4-16)25-12-19(23-24-25)17-5-1-15(2-6-17)9-10-20(22,13-26)14-27/h1-8,12,26-27H,9-10,13-14,22H2. The number of benzene rings is 2. The molecule has 0 aliphatic rings. The molecule has 0 bridgehead atoms. The molecule has 4 N–H and O–H groups in total. The van der Waals surface area contributed by atoms with Crippen LogP contribution in [0.25, 0.3) is 16.9 Å². The van der Waals surface area contributed by atoms with E-state index in [2.05, 4.69) is 16.4 Å². The Kier molecular flexibility index (Phi) is 5.62. The van der Waals surface area contributed by atoms with Crippen LogP contribution in [0.2, 0.25) is 0 Å². The van der Waals surface area contributed by atoms with Crippen LogP contribution in [0.3, 0.4) is 0 Å². The van der Waals surface area contributed by atoms with Gasteiger partial charge in [0.05, 0.1) is 42.3 Å². The molecule has 0 radical (unpaired) electrons. The van der Waals surface area contributed by atoms with E-state index in [0.29, 0.717) is 18.4 Å². The van der Waals surface area contributed by atoms with Crippen molar-refractivity contribution in [3.8, 4) is 23.0 Å². The number of aryl methyl sites for hydroxylation is 1. The summed E-state index contributed by atoms with van der Waals surface area (Å²) in [6.45, 7) is -0.500. The summed E-state index contributed by atoms with van der Waals surface area (Å²) in [5, 5.41) is 35.7. The Hall–Kier alpha value is -3.05. The van der Waals surface area contributed by atoms with E-state index < -0.39 is 5.54 Å². The van der Waals surface area contributed by atoms with Crippen LogP contribution < -0.4 is 5.73 Å². The van der Waals surface area contributed by atoms with Crippen molar-refractivity contribution in [1.29, 1.82) is 5.26 Å². The lowest BCUT2D eigenvalue weighted by atomic mass is 9.93. The average Bonchev–Trinajstić information content (AvgIpc) is 3.22. The molecule has 138 valence electrons. The number of nitriles is 1. The largest absolute Gasteiger partial charge is 0.394 e. The van der Waals surface area contributed by atoms with Crippen molar-refractivity contribution in [3.05, 3.63) is 65.9 Å². The van der Waals surface area contributed by atoms with Gasteiger partial charge in [-0.05, 0) is 42.7 Å². The summed E-state index contributed by atoms with van der Waals surface area (Å²) in [5.41, 5.74) is 9.11. The van der Waals surface area contributed by atoms with Gasteiger partial charge >= 0.3 is 0 Å². The van der Waals surface area contributed by atoms with Crippen molar-refractivity contribution >= 4 is 0 Å². The number of aliphatic hydroxyl groups is 2. The highest BCUT2D eigenvalue weighted by Gasteiger charge is 2.22. The highest BCUT2D eigenvalue weighted by Crippen LogP contribution is 2.20. The molecule has 0 amide bonds. The van der Waals surface area contributed by atoms with Gasteiger partial charge in [0.2, 0.25) is 0 Å². The second-order valence-corrected chi connectivity index (χ2v) is 6.58. The van der Waals surface area contributed by atoms with Gasteiger partial charge < -0.3 is 15.9 Å². The number of nitrogens with two attached hydrogens (primary N) is 1. The number of hydrogen-bond donors (Lipinski definition) is 3. The summed E-state index contributed by atoms with van der Waals surface area (Å²) in [7, 11) is 0. The van der Waals surface area contributed by atoms with Crippen LogP contribution in [-0.2, 0) is 6.42 Å². The number of aromatic nitrogens is 3. The van der Waals surface area contributed by atoms with E-state index in [9.17, 15) is 10.2 Å². The highest BCUT2D eigenvalue weighted by atomic mass is 16.3. The van der Waals surface area contributed by atoms with Gasteiger partial charge in [-0.1, -0.05) is 29.5 Å². The van der Waals surface area contributed by atoms with Crippen LogP contribution in [0.15, 0.2) is 54.7 Å². The number of nitrogens with zero attached hydrogens (tertiary/aromatic N) is 4. The molecule has 3 aromatic rings. The molecule has 1 heterocycles. The van der Waals surface area contributed by atoms with E-state index in [1.807, 2.05) is 42.6 Å². The molecule has 27 heavy (non-hydrogen) atoms. The molecular formula is C20H21N5O2. The van der Waals surface area contributed by atoms with Crippen LogP contribution in [0, 0.1) is 11.3 Å². The van der Waals surface area contributed by atoms with Crippen LogP contribution in [0.5, 0.6) is 0 Å². The third-order valence-corrected chi connectivity index (χ3v) is 4.55. The smallest absolute Gasteiger partial charge is 0.113 e. The molecule has 1 aromatic heterocycles. The molecule has 0 atom stereocenters. The van der Waals surface area contributed by atoms with Gasteiger partial charge in [0.15, 0.2) is 0 Å². The minimum absolute atomic E-state index is 0.250. The van der Waals surface area contributed by atoms with E-state index in [0.717, 1.165) is 22.5 Å². The van der Waals surface area contributed by atoms with E-state index in [1.54, 1.807) is 16.8 Å². The van der Waals surface area contributed by atoms with Gasteiger partial charge in [0, 0.05) is 5.56 Å². The fourth-order valence-corrected chi connectivity index (χ4v) is 2.65. The SMILES string of the molecule is N#Cc1ccc(-n2cc(-c3ccc(CCC(N)(CO)CO)cc3)nn2)cc1. The summed E-state index contributed by atoms with van der Waals surface area (Å²) in [4.78, 5) is 0. The molecule has 7 nitrogen and oxygen atoms in total. The predicted molar refractivity (Wildman–Crippen MR) is 101 cm³/mol. The average molecular weight is 363 g/mol. The highest BCUT2D eigenvalue weighted by molar-refractivity contribution is 5.58. The van der Waals surface area contributed by atoms with Crippen LogP contribution in [-0.4, -0.2) is 44.0 Å². The normalized spacial score (nSPS) is 11.3. The van der Waals surface area contributed by atoms with Gasteiger partial charge in [-0.15, -0.1) is 5.10 Å². The maximum absolute atomic E-state index is 9.26. The first-order valence-corrected chi connectivity index (χ1v) is 8.60. The minimum Gasteiger partial charge on any atom is -0.394 e. The number of aliphatic hydroxyl groups excluding tert-OH is 2. The van der Waals surface area contributed by atoms with Crippen molar-refractivity contribution in [2.75, 3.05) is 13.2 Å². The summed E-state index contributed by atoms with van der Waals surface area (Å²) < 4.78 is 1.66. The number of rotatable bonds is 7. The van der Waals surface area contributed by atoms with Crippen LogP contribution >= 0.6 is 0 Å². The summed E-state index contributed by atoms with van der Waals surface area (Å²) in [5.74, 6) is 0. The quantitative estimate of drug-likeness (QED) is 0.584. The lowest BCUT2D eigenvalue weighted by Gasteiger charge is -2.24. The van der Waals surface area contributed by atoms with Crippen molar-refractivity contribution < 1.29 is 10.2 Å². The lowest BCUT2D eigenvalue weighted by molar-refractivity contribution is 0.115. The molecule has 0 aliphatic carbocycles. The molecular weight excluding hydrogens is 342 g/mol. The third kappa shape index (κ3) is 4.38. The van der Waals surface area contributed by atoms with E-state index in [-0.39, 0.29) is 13.2 Å². The molecule has 0 fully saturated rings. The van der Waals surface area contributed by atoms with Crippen molar-refractivity contribution in [2.24, 2.45) is 5.73 Å². The molecule has 0 saturated carbocycles. The van der Waals surface area contributed by atoms with Crippen molar-refractivity contribution in [1.82, 2.24) is 15.0 Å². The summed E-state index contributed by atoms with van der Waals surface area (Å²) >= 11 is 0. The second-order valence-electron chi connectivity index (χ2n) is 6.58. The van der Waals surface area contributed by atoms with Gasteiger partial charge in [-0.3, -0.25) is 0 Å². The van der Waals surface area contributed by atoms with Gasteiger partial charge in [0.25, 0.3) is 0 Å². The Bertz CT molecular complexity index is 922. The first kappa shape index (κ1) is 18.7. The summed E-state index contributed by atoms with van der Waals surface area (Å²) in [6, 6.07) is 17.1. The monoisotopic (exact) mass is 363 g/mol. The molecule has 0 spiro atoms. The zero-order chi connectivity index (χ0) is 19.3. The fraction of sp³-hybridized carbons (Fsp3) is 0.250. The maximum Gasteiger partial charge on any atom is 0.113 e. The van der Waals surface area contributed by atoms with E-state index in [1.165, 1.54) is 0 Å².